The molecular formula is C12H11BrN2. The number of nitrogens with zero attached hydrogens (tertiary/aromatic N) is 1. The van der Waals surface area contributed by atoms with E-state index in [-0.39, 0.29) is 0 Å². The number of hydrogen-bond donors (Lipinski definition) is 1. The Morgan fingerprint density at radius 3 is 2.87 bits per heavy atom. The van der Waals surface area contributed by atoms with Crippen LogP contribution in [0.3, 0.4) is 0 Å². The lowest BCUT2D eigenvalue weighted by atomic mass is 10.2. The van der Waals surface area contributed by atoms with Gasteiger partial charge in [0.05, 0.1) is 5.52 Å². The first-order valence-corrected chi connectivity index (χ1v) is 5.48. The Morgan fingerprint density at radius 1 is 1.27 bits per heavy atom. The van der Waals surface area contributed by atoms with E-state index in [1.807, 2.05) is 24.3 Å². The van der Waals surface area contributed by atoms with Gasteiger partial charge in [0.25, 0.3) is 0 Å². The lowest BCUT2D eigenvalue weighted by Gasteiger charge is -2.05. The number of nitrogens with one attached hydrogen (secondary N) is 1. The van der Waals surface area contributed by atoms with E-state index in [2.05, 4.69) is 44.9 Å². The highest BCUT2D eigenvalue weighted by Gasteiger charge is 1.96. The molecule has 0 atom stereocenters. The zero-order valence-electron chi connectivity index (χ0n) is 8.20. The molecule has 0 aliphatic heterocycles. The maximum Gasteiger partial charge on any atom is 0.126 e. The van der Waals surface area contributed by atoms with E-state index in [0.717, 1.165) is 21.2 Å². The third-order valence-corrected chi connectivity index (χ3v) is 2.34. The summed E-state index contributed by atoms with van der Waals surface area (Å²) in [6, 6.07) is 12.1. The van der Waals surface area contributed by atoms with E-state index < -0.39 is 0 Å². The second-order valence-corrected chi connectivity index (χ2v) is 4.38. The molecule has 0 radical (unpaired) electrons. The smallest absolute Gasteiger partial charge is 0.126 e. The van der Waals surface area contributed by atoms with Crippen LogP contribution in [-0.2, 0) is 0 Å². The highest BCUT2D eigenvalue weighted by atomic mass is 79.9. The first-order chi connectivity index (χ1) is 7.25. The molecule has 2 nitrogen and oxygen atoms in total. The summed E-state index contributed by atoms with van der Waals surface area (Å²) in [5.74, 6) is 0.870. The molecule has 0 spiro atoms. The van der Waals surface area contributed by atoms with Crippen molar-refractivity contribution >= 4 is 32.7 Å². The van der Waals surface area contributed by atoms with Gasteiger partial charge in [0.15, 0.2) is 0 Å². The van der Waals surface area contributed by atoms with Crippen molar-refractivity contribution in [3.8, 4) is 0 Å². The van der Waals surface area contributed by atoms with Gasteiger partial charge < -0.3 is 5.32 Å². The van der Waals surface area contributed by atoms with Crippen LogP contribution in [0.5, 0.6) is 0 Å². The van der Waals surface area contributed by atoms with Gasteiger partial charge in [-0.15, -0.1) is 0 Å². The predicted molar refractivity (Wildman–Crippen MR) is 68.3 cm³/mol. The number of para-hydroxylation sites is 1. The van der Waals surface area contributed by atoms with Crippen LogP contribution >= 0.6 is 15.9 Å². The number of anilines is 1. The molecule has 0 saturated heterocycles. The minimum atomic E-state index is 0.686. The van der Waals surface area contributed by atoms with E-state index in [1.165, 1.54) is 0 Å². The zero-order valence-corrected chi connectivity index (χ0v) is 9.79. The summed E-state index contributed by atoms with van der Waals surface area (Å²) in [5, 5.41) is 4.33. The van der Waals surface area contributed by atoms with Crippen molar-refractivity contribution < 1.29 is 0 Å². The van der Waals surface area contributed by atoms with Crippen molar-refractivity contribution in [3.63, 3.8) is 0 Å². The van der Waals surface area contributed by atoms with Gasteiger partial charge in [-0.3, -0.25) is 0 Å². The Balaban J connectivity index is 2.26. The van der Waals surface area contributed by atoms with Crippen molar-refractivity contribution in [1.82, 2.24) is 4.98 Å². The quantitative estimate of drug-likeness (QED) is 0.915. The molecule has 0 amide bonds. The lowest BCUT2D eigenvalue weighted by Crippen LogP contribution is -2.02. The van der Waals surface area contributed by atoms with Gasteiger partial charge >= 0.3 is 0 Å². The number of pyridine rings is 1. The summed E-state index contributed by atoms with van der Waals surface area (Å²) in [5.41, 5.74) is 1.00. The molecule has 0 unspecified atom stereocenters. The summed E-state index contributed by atoms with van der Waals surface area (Å²) in [7, 11) is 0. The number of hydrogen-bond acceptors (Lipinski definition) is 2. The third kappa shape index (κ3) is 2.57. The Kier molecular flexibility index (Phi) is 3.02. The van der Waals surface area contributed by atoms with E-state index in [1.54, 1.807) is 0 Å². The molecule has 2 aromatic rings. The van der Waals surface area contributed by atoms with Crippen molar-refractivity contribution in [1.29, 1.82) is 0 Å². The van der Waals surface area contributed by atoms with Gasteiger partial charge in [-0.05, 0) is 18.2 Å². The number of fused-ring (bicyclic) bond motifs is 1. The average molecular weight is 263 g/mol. The van der Waals surface area contributed by atoms with Gasteiger partial charge in [0, 0.05) is 16.4 Å². The first kappa shape index (κ1) is 10.2. The molecular weight excluding hydrogens is 252 g/mol. The van der Waals surface area contributed by atoms with E-state index in [0.29, 0.717) is 6.54 Å². The normalized spacial score (nSPS) is 10.2. The van der Waals surface area contributed by atoms with Crippen LogP contribution in [0.15, 0.2) is 47.5 Å². The highest BCUT2D eigenvalue weighted by molar-refractivity contribution is 9.11. The third-order valence-electron chi connectivity index (χ3n) is 2.06. The van der Waals surface area contributed by atoms with Crippen LogP contribution in [-0.4, -0.2) is 11.5 Å². The number of benzene rings is 1. The van der Waals surface area contributed by atoms with Gasteiger partial charge in [-0.2, -0.15) is 0 Å². The fourth-order valence-corrected chi connectivity index (χ4v) is 1.49. The molecule has 1 aromatic heterocycles. The molecule has 1 N–H and O–H groups in total. The molecule has 15 heavy (non-hydrogen) atoms. The van der Waals surface area contributed by atoms with Crippen molar-refractivity contribution in [2.24, 2.45) is 0 Å². The van der Waals surface area contributed by atoms with Gasteiger partial charge in [-0.25, -0.2) is 4.98 Å². The second-order valence-electron chi connectivity index (χ2n) is 3.26. The Morgan fingerprint density at radius 2 is 2.07 bits per heavy atom. The van der Waals surface area contributed by atoms with Crippen molar-refractivity contribution in [3.05, 3.63) is 47.5 Å². The standard InChI is InChI=1S/C12H11BrN2/c1-9(13)8-14-12-7-6-10-4-2-3-5-11(10)15-12/h2-7H,1,8H2,(H,14,15). The fraction of sp³-hybridized carbons (Fsp3) is 0.0833. The molecule has 76 valence electrons. The summed E-state index contributed by atoms with van der Waals surface area (Å²) >= 11 is 3.30. The SMILES string of the molecule is C=C(Br)CNc1ccc2ccccc2n1. The maximum atomic E-state index is 4.47. The molecule has 0 fully saturated rings. The van der Waals surface area contributed by atoms with Crippen molar-refractivity contribution in [2.45, 2.75) is 0 Å². The molecule has 2 rings (SSSR count). The predicted octanol–water partition coefficient (Wildman–Crippen LogP) is 3.56. The van der Waals surface area contributed by atoms with E-state index >= 15 is 0 Å². The molecule has 0 aliphatic rings. The molecule has 0 bridgehead atoms. The number of aromatic nitrogens is 1. The van der Waals surface area contributed by atoms with Crippen LogP contribution in [0, 0.1) is 0 Å². The fourth-order valence-electron chi connectivity index (χ4n) is 1.35. The summed E-state index contributed by atoms with van der Waals surface area (Å²) in [6.07, 6.45) is 0. The largest absolute Gasteiger partial charge is 0.365 e. The average Bonchev–Trinajstić information content (AvgIpc) is 2.26. The summed E-state index contributed by atoms with van der Waals surface area (Å²) in [4.78, 5) is 4.47. The molecule has 3 heteroatoms. The molecule has 1 aromatic carbocycles. The second kappa shape index (κ2) is 4.45. The monoisotopic (exact) mass is 262 g/mol. The minimum absolute atomic E-state index is 0.686. The number of halogens is 1. The Bertz CT molecular complexity index is 494. The molecule has 0 saturated carbocycles. The Labute approximate surface area is 97.2 Å². The molecule has 1 heterocycles. The summed E-state index contributed by atoms with van der Waals surface area (Å²) < 4.78 is 0.914. The van der Waals surface area contributed by atoms with Crippen LogP contribution in [0.2, 0.25) is 0 Å². The van der Waals surface area contributed by atoms with Gasteiger partial charge in [0.2, 0.25) is 0 Å². The highest BCUT2D eigenvalue weighted by Crippen LogP contribution is 2.14. The maximum absolute atomic E-state index is 4.47. The summed E-state index contributed by atoms with van der Waals surface area (Å²) in [6.45, 7) is 4.44. The first-order valence-electron chi connectivity index (χ1n) is 4.68. The van der Waals surface area contributed by atoms with Crippen LogP contribution in [0.25, 0.3) is 10.9 Å². The van der Waals surface area contributed by atoms with Gasteiger partial charge in [-0.1, -0.05) is 40.7 Å². The van der Waals surface area contributed by atoms with Crippen LogP contribution < -0.4 is 5.32 Å². The lowest BCUT2D eigenvalue weighted by molar-refractivity contribution is 1.25. The minimum Gasteiger partial charge on any atom is -0.365 e. The zero-order chi connectivity index (χ0) is 10.7. The van der Waals surface area contributed by atoms with Crippen LogP contribution in [0.1, 0.15) is 0 Å². The molecule has 0 aliphatic carbocycles. The van der Waals surface area contributed by atoms with Gasteiger partial charge in [0.1, 0.15) is 5.82 Å². The van der Waals surface area contributed by atoms with E-state index in [4.69, 9.17) is 0 Å². The number of rotatable bonds is 3. The van der Waals surface area contributed by atoms with E-state index in [9.17, 15) is 0 Å². The van der Waals surface area contributed by atoms with Crippen molar-refractivity contribution in [2.75, 3.05) is 11.9 Å². The Hall–Kier alpha value is -1.35. The van der Waals surface area contributed by atoms with Crippen LogP contribution in [0.4, 0.5) is 5.82 Å². The topological polar surface area (TPSA) is 24.9 Å².